The molecule has 17 heavy (non-hydrogen) atoms. The topological polar surface area (TPSA) is 98.3 Å². The van der Waals surface area contributed by atoms with E-state index in [4.69, 9.17) is 5.73 Å². The second kappa shape index (κ2) is 5.95. The quantitative estimate of drug-likeness (QED) is 0.453. The first kappa shape index (κ1) is 13.1. The maximum Gasteiger partial charge on any atom is 0.285 e. The van der Waals surface area contributed by atoms with Crippen LogP contribution in [0.15, 0.2) is 18.2 Å². The third kappa shape index (κ3) is 3.25. The Morgan fingerprint density at radius 1 is 1.53 bits per heavy atom. The Labute approximate surface area is 99.0 Å². The molecule has 0 unspecified atom stereocenters. The van der Waals surface area contributed by atoms with Crippen molar-refractivity contribution < 1.29 is 9.72 Å². The van der Waals surface area contributed by atoms with Crippen LogP contribution in [-0.2, 0) is 0 Å². The van der Waals surface area contributed by atoms with Crippen LogP contribution < -0.4 is 11.1 Å². The lowest BCUT2D eigenvalue weighted by Crippen LogP contribution is -2.26. The first-order chi connectivity index (χ1) is 8.07. The van der Waals surface area contributed by atoms with Gasteiger partial charge in [0, 0.05) is 12.1 Å². The van der Waals surface area contributed by atoms with Crippen LogP contribution in [0.1, 0.15) is 22.3 Å². The Kier molecular flexibility index (Phi) is 4.59. The van der Waals surface area contributed by atoms with E-state index in [2.05, 4.69) is 5.32 Å². The fourth-order valence-corrected chi connectivity index (χ4v) is 1.48. The number of nitrogens with two attached hydrogens (primary N) is 1. The molecule has 0 aliphatic heterocycles. The summed E-state index contributed by atoms with van der Waals surface area (Å²) in [6.45, 7) is 2.49. The van der Waals surface area contributed by atoms with Gasteiger partial charge in [0.2, 0.25) is 0 Å². The van der Waals surface area contributed by atoms with Gasteiger partial charge in [-0.05, 0) is 26.0 Å². The van der Waals surface area contributed by atoms with E-state index in [1.54, 1.807) is 19.1 Å². The zero-order chi connectivity index (χ0) is 12.8. The first-order valence-corrected chi connectivity index (χ1v) is 5.30. The highest BCUT2D eigenvalue weighted by molar-refractivity contribution is 5.98. The Balaban J connectivity index is 2.93. The van der Waals surface area contributed by atoms with Gasteiger partial charge in [-0.25, -0.2) is 0 Å². The van der Waals surface area contributed by atoms with E-state index in [-0.39, 0.29) is 11.3 Å². The van der Waals surface area contributed by atoms with Crippen molar-refractivity contribution >= 4 is 11.6 Å². The number of hydrogen-bond acceptors (Lipinski definition) is 4. The Morgan fingerprint density at radius 2 is 2.24 bits per heavy atom. The minimum absolute atomic E-state index is 0.0898. The molecule has 0 fully saturated rings. The summed E-state index contributed by atoms with van der Waals surface area (Å²) in [5.74, 6) is -0.436. The number of para-hydroxylation sites is 1. The van der Waals surface area contributed by atoms with Gasteiger partial charge in [-0.2, -0.15) is 0 Å². The normalized spacial score (nSPS) is 10.0. The molecule has 0 aromatic heterocycles. The van der Waals surface area contributed by atoms with Crippen molar-refractivity contribution in [3.05, 3.63) is 39.4 Å². The molecule has 1 amide bonds. The maximum atomic E-state index is 11.7. The molecule has 0 spiro atoms. The van der Waals surface area contributed by atoms with E-state index >= 15 is 0 Å². The van der Waals surface area contributed by atoms with Crippen LogP contribution in [0.5, 0.6) is 0 Å². The van der Waals surface area contributed by atoms with Crippen LogP contribution in [-0.4, -0.2) is 23.9 Å². The van der Waals surface area contributed by atoms with Crippen LogP contribution in [0, 0.1) is 17.0 Å². The number of nitro groups is 1. The molecule has 0 aliphatic carbocycles. The summed E-state index contributed by atoms with van der Waals surface area (Å²) in [5.41, 5.74) is 5.72. The number of aryl methyl sites for hydroxylation is 1. The molecule has 0 radical (unpaired) electrons. The summed E-state index contributed by atoms with van der Waals surface area (Å²) in [7, 11) is 0. The molecule has 0 bridgehead atoms. The predicted octanol–water partition coefficient (Wildman–Crippen LogP) is 0.982. The van der Waals surface area contributed by atoms with Gasteiger partial charge in [-0.1, -0.05) is 12.1 Å². The molecule has 6 heteroatoms. The lowest BCUT2D eigenvalue weighted by Gasteiger charge is -2.06. The summed E-state index contributed by atoms with van der Waals surface area (Å²) in [6, 6.07) is 4.68. The standard InChI is InChI=1S/C11H15N3O3/c1-8-4-2-5-9(10(8)14(16)17)11(15)13-7-3-6-12/h2,4-5H,3,6-7,12H2,1H3,(H,13,15). The zero-order valence-electron chi connectivity index (χ0n) is 9.60. The van der Waals surface area contributed by atoms with Crippen LogP contribution in [0.3, 0.4) is 0 Å². The SMILES string of the molecule is Cc1cccc(C(=O)NCCCN)c1[N+](=O)[O-]. The lowest BCUT2D eigenvalue weighted by molar-refractivity contribution is -0.385. The van der Waals surface area contributed by atoms with Crippen molar-refractivity contribution in [2.75, 3.05) is 13.1 Å². The first-order valence-electron chi connectivity index (χ1n) is 5.30. The van der Waals surface area contributed by atoms with Crippen LogP contribution >= 0.6 is 0 Å². The summed E-state index contributed by atoms with van der Waals surface area (Å²) in [5, 5.41) is 13.5. The predicted molar refractivity (Wildman–Crippen MR) is 63.8 cm³/mol. The van der Waals surface area contributed by atoms with E-state index in [0.717, 1.165) is 0 Å². The van der Waals surface area contributed by atoms with Crippen molar-refractivity contribution in [2.45, 2.75) is 13.3 Å². The Hall–Kier alpha value is -1.95. The molecule has 92 valence electrons. The Morgan fingerprint density at radius 3 is 2.82 bits per heavy atom. The fourth-order valence-electron chi connectivity index (χ4n) is 1.48. The van der Waals surface area contributed by atoms with Crippen LogP contribution in [0.4, 0.5) is 5.69 Å². The van der Waals surface area contributed by atoms with E-state index in [1.165, 1.54) is 6.07 Å². The summed E-state index contributed by atoms with van der Waals surface area (Å²) in [6.07, 6.45) is 0.644. The molecule has 0 saturated carbocycles. The molecule has 1 rings (SSSR count). The maximum absolute atomic E-state index is 11.7. The molecular weight excluding hydrogens is 222 g/mol. The van der Waals surface area contributed by atoms with Gasteiger partial charge in [0.1, 0.15) is 5.56 Å². The van der Waals surface area contributed by atoms with E-state index < -0.39 is 10.8 Å². The second-order valence-corrected chi connectivity index (χ2v) is 3.63. The largest absolute Gasteiger partial charge is 0.352 e. The highest BCUT2D eigenvalue weighted by Gasteiger charge is 2.21. The average Bonchev–Trinajstić information content (AvgIpc) is 2.28. The molecule has 1 aromatic rings. The van der Waals surface area contributed by atoms with Crippen LogP contribution in [0.25, 0.3) is 0 Å². The van der Waals surface area contributed by atoms with Gasteiger partial charge in [-0.15, -0.1) is 0 Å². The number of hydrogen-bond donors (Lipinski definition) is 2. The summed E-state index contributed by atoms with van der Waals surface area (Å²) >= 11 is 0. The molecule has 3 N–H and O–H groups in total. The Bertz CT molecular complexity index is 432. The summed E-state index contributed by atoms with van der Waals surface area (Å²) < 4.78 is 0. The van der Waals surface area contributed by atoms with Gasteiger partial charge in [-0.3, -0.25) is 14.9 Å². The number of carbonyl (C=O) groups excluding carboxylic acids is 1. The molecule has 1 aromatic carbocycles. The second-order valence-electron chi connectivity index (χ2n) is 3.63. The minimum atomic E-state index is -0.535. The number of nitrogens with one attached hydrogen (secondary N) is 1. The van der Waals surface area contributed by atoms with Crippen molar-refractivity contribution in [2.24, 2.45) is 5.73 Å². The van der Waals surface area contributed by atoms with E-state index in [0.29, 0.717) is 25.1 Å². The number of rotatable bonds is 5. The van der Waals surface area contributed by atoms with Gasteiger partial charge in [0.15, 0.2) is 0 Å². The smallest absolute Gasteiger partial charge is 0.285 e. The van der Waals surface area contributed by atoms with Gasteiger partial charge in [0.05, 0.1) is 4.92 Å². The molecule has 6 nitrogen and oxygen atoms in total. The van der Waals surface area contributed by atoms with Gasteiger partial charge >= 0.3 is 0 Å². The third-order valence-corrected chi connectivity index (χ3v) is 2.33. The van der Waals surface area contributed by atoms with Crippen molar-refractivity contribution in [1.29, 1.82) is 0 Å². The highest BCUT2D eigenvalue weighted by Crippen LogP contribution is 2.22. The van der Waals surface area contributed by atoms with Crippen molar-refractivity contribution in [1.82, 2.24) is 5.32 Å². The van der Waals surface area contributed by atoms with E-state index in [1.807, 2.05) is 0 Å². The number of nitrogens with zero attached hydrogens (tertiary/aromatic N) is 1. The summed E-state index contributed by atoms with van der Waals surface area (Å²) in [4.78, 5) is 22.1. The molecule has 0 saturated heterocycles. The number of amides is 1. The number of nitro benzene ring substituents is 1. The fraction of sp³-hybridized carbons (Fsp3) is 0.364. The molecular formula is C11H15N3O3. The number of benzene rings is 1. The minimum Gasteiger partial charge on any atom is -0.352 e. The average molecular weight is 237 g/mol. The van der Waals surface area contributed by atoms with Crippen molar-refractivity contribution in [3.8, 4) is 0 Å². The number of carbonyl (C=O) groups is 1. The van der Waals surface area contributed by atoms with Gasteiger partial charge in [0.25, 0.3) is 11.6 Å². The zero-order valence-corrected chi connectivity index (χ0v) is 9.60. The monoisotopic (exact) mass is 237 g/mol. The molecule has 0 atom stereocenters. The van der Waals surface area contributed by atoms with Gasteiger partial charge < -0.3 is 11.1 Å². The highest BCUT2D eigenvalue weighted by atomic mass is 16.6. The molecule has 0 aliphatic rings. The van der Waals surface area contributed by atoms with Crippen LogP contribution in [0.2, 0.25) is 0 Å². The van der Waals surface area contributed by atoms with E-state index in [9.17, 15) is 14.9 Å². The molecule has 0 heterocycles. The van der Waals surface area contributed by atoms with Crippen molar-refractivity contribution in [3.63, 3.8) is 0 Å². The third-order valence-electron chi connectivity index (χ3n) is 2.33. The lowest BCUT2D eigenvalue weighted by atomic mass is 10.1.